The van der Waals surface area contributed by atoms with Gasteiger partial charge in [0.15, 0.2) is 4.34 Å². The lowest BCUT2D eigenvalue weighted by molar-refractivity contribution is -0.118. The van der Waals surface area contributed by atoms with Crippen LogP contribution in [0, 0.1) is 6.92 Å². The van der Waals surface area contributed by atoms with Crippen molar-refractivity contribution < 1.29 is 4.79 Å². The van der Waals surface area contributed by atoms with Crippen LogP contribution >= 0.6 is 34.4 Å². The van der Waals surface area contributed by atoms with Crippen molar-refractivity contribution in [3.05, 3.63) is 40.9 Å². The first-order valence-corrected chi connectivity index (χ1v) is 11.6. The van der Waals surface area contributed by atoms with Crippen LogP contribution in [0.2, 0.25) is 0 Å². The lowest BCUT2D eigenvalue weighted by Gasteiger charge is -2.17. The minimum absolute atomic E-state index is 0.132. The Morgan fingerprint density at radius 2 is 2.04 bits per heavy atom. The number of anilines is 1. The number of aromatic nitrogens is 3. The zero-order valence-corrected chi connectivity index (χ0v) is 17.7. The number of thiazole rings is 1. The van der Waals surface area contributed by atoms with Gasteiger partial charge in [0.1, 0.15) is 5.01 Å². The molecule has 140 valence electrons. The van der Waals surface area contributed by atoms with Gasteiger partial charge in [-0.15, -0.1) is 21.5 Å². The van der Waals surface area contributed by atoms with E-state index in [4.69, 9.17) is 4.98 Å². The van der Waals surface area contributed by atoms with E-state index in [2.05, 4.69) is 46.8 Å². The molecule has 27 heavy (non-hydrogen) atoms. The van der Waals surface area contributed by atoms with Gasteiger partial charge in [0.05, 0.1) is 5.69 Å². The topological polar surface area (TPSA) is 59.0 Å². The largest absolute Gasteiger partial charge is 0.284 e. The minimum Gasteiger partial charge on any atom is -0.284 e. The normalized spacial score (nSPS) is 13.7. The molecule has 0 radical (unpaired) electrons. The van der Waals surface area contributed by atoms with Crippen LogP contribution in [0.1, 0.15) is 37.4 Å². The van der Waals surface area contributed by atoms with Crippen LogP contribution in [-0.2, 0) is 10.5 Å². The van der Waals surface area contributed by atoms with Crippen LogP contribution in [0.3, 0.4) is 0 Å². The molecule has 3 aromatic rings. The van der Waals surface area contributed by atoms with Gasteiger partial charge in [-0.05, 0) is 19.8 Å². The molecule has 1 amide bonds. The summed E-state index contributed by atoms with van der Waals surface area (Å²) in [5.74, 6) is 0.884. The number of thioether (sulfide) groups is 1. The molecule has 8 heteroatoms. The lowest BCUT2D eigenvalue weighted by Crippen LogP contribution is -2.32. The Labute approximate surface area is 170 Å². The van der Waals surface area contributed by atoms with E-state index in [1.165, 1.54) is 16.9 Å². The van der Waals surface area contributed by atoms with E-state index >= 15 is 0 Å². The van der Waals surface area contributed by atoms with Crippen LogP contribution in [0.25, 0.3) is 10.6 Å². The SMILES string of the molecule is CCC(=O)N(c1nnc(SCc2csc(-c3ccc(C)cc3)n2)s1)C1CC1. The molecule has 2 aromatic heterocycles. The zero-order chi connectivity index (χ0) is 18.8. The number of nitrogens with zero attached hydrogens (tertiary/aromatic N) is 4. The summed E-state index contributed by atoms with van der Waals surface area (Å²) in [7, 11) is 0. The fourth-order valence-electron chi connectivity index (χ4n) is 2.67. The minimum atomic E-state index is 0.132. The van der Waals surface area contributed by atoms with E-state index in [-0.39, 0.29) is 5.91 Å². The summed E-state index contributed by atoms with van der Waals surface area (Å²) in [4.78, 5) is 18.8. The smallest absolute Gasteiger partial charge is 0.228 e. The predicted molar refractivity (Wildman–Crippen MR) is 113 cm³/mol. The van der Waals surface area contributed by atoms with Gasteiger partial charge in [0.2, 0.25) is 11.0 Å². The third-order valence-corrected chi connectivity index (χ3v) is 7.31. The molecule has 0 bridgehead atoms. The molecule has 5 nitrogen and oxygen atoms in total. The molecule has 0 unspecified atom stereocenters. The molecule has 1 aliphatic carbocycles. The summed E-state index contributed by atoms with van der Waals surface area (Å²) in [6.07, 6.45) is 2.63. The average Bonchev–Trinajstić information content (AvgIpc) is 3.20. The number of amides is 1. The number of aryl methyl sites for hydroxylation is 1. The Balaban J connectivity index is 1.40. The van der Waals surface area contributed by atoms with Crippen molar-refractivity contribution in [2.75, 3.05) is 4.90 Å². The number of benzene rings is 1. The molecule has 0 aliphatic heterocycles. The third kappa shape index (κ3) is 4.39. The Bertz CT molecular complexity index is 931. The molecule has 0 N–H and O–H groups in total. The highest BCUT2D eigenvalue weighted by molar-refractivity contribution is 8.00. The van der Waals surface area contributed by atoms with Crippen molar-refractivity contribution in [3.8, 4) is 10.6 Å². The Kier molecular flexibility index (Phi) is 5.56. The maximum atomic E-state index is 12.2. The quantitative estimate of drug-likeness (QED) is 0.393. The van der Waals surface area contributed by atoms with Crippen molar-refractivity contribution in [2.24, 2.45) is 0 Å². The Morgan fingerprint density at radius 1 is 1.26 bits per heavy atom. The lowest BCUT2D eigenvalue weighted by atomic mass is 10.2. The summed E-state index contributed by atoms with van der Waals surface area (Å²) in [5, 5.41) is 12.4. The second-order valence-corrected chi connectivity index (χ2v) is 9.53. The first-order chi connectivity index (χ1) is 13.1. The van der Waals surface area contributed by atoms with Crippen molar-refractivity contribution in [1.82, 2.24) is 15.2 Å². The van der Waals surface area contributed by atoms with E-state index in [9.17, 15) is 4.79 Å². The summed E-state index contributed by atoms with van der Waals surface area (Å²) < 4.78 is 0.879. The van der Waals surface area contributed by atoms with E-state index in [0.29, 0.717) is 12.5 Å². The molecule has 1 aromatic carbocycles. The van der Waals surface area contributed by atoms with Crippen LogP contribution in [-0.4, -0.2) is 27.1 Å². The number of rotatable bonds is 7. The standard InChI is InChI=1S/C19H20N4OS3/c1-3-16(24)23(15-8-9-15)18-21-22-19(27-18)26-11-14-10-25-17(20-14)13-6-4-12(2)5-7-13/h4-7,10,15H,3,8-9,11H2,1-2H3. The van der Waals surface area contributed by atoms with E-state index < -0.39 is 0 Å². The first kappa shape index (κ1) is 18.6. The average molecular weight is 417 g/mol. The molecular weight excluding hydrogens is 396 g/mol. The van der Waals surface area contributed by atoms with E-state index in [1.807, 2.05) is 11.8 Å². The first-order valence-electron chi connectivity index (χ1n) is 8.94. The number of hydrogen-bond acceptors (Lipinski definition) is 7. The highest BCUT2D eigenvalue weighted by Crippen LogP contribution is 2.37. The molecule has 2 heterocycles. The molecule has 0 saturated heterocycles. The fourth-order valence-corrected chi connectivity index (χ4v) is 5.42. The maximum Gasteiger partial charge on any atom is 0.228 e. The van der Waals surface area contributed by atoms with Crippen molar-refractivity contribution >= 4 is 45.5 Å². The molecule has 1 saturated carbocycles. The third-order valence-electron chi connectivity index (χ3n) is 4.28. The number of carbonyl (C=O) groups excluding carboxylic acids is 1. The predicted octanol–water partition coefficient (Wildman–Crippen LogP) is 5.17. The van der Waals surface area contributed by atoms with Gasteiger partial charge in [-0.3, -0.25) is 9.69 Å². The van der Waals surface area contributed by atoms with Crippen LogP contribution in [0.15, 0.2) is 34.0 Å². The summed E-state index contributed by atoms with van der Waals surface area (Å²) in [5.41, 5.74) is 3.44. The molecular formula is C19H20N4OS3. The number of carbonyl (C=O) groups is 1. The van der Waals surface area contributed by atoms with Crippen molar-refractivity contribution in [3.63, 3.8) is 0 Å². The van der Waals surface area contributed by atoms with Crippen LogP contribution in [0.5, 0.6) is 0 Å². The van der Waals surface area contributed by atoms with Crippen molar-refractivity contribution in [1.29, 1.82) is 0 Å². The van der Waals surface area contributed by atoms with Crippen LogP contribution in [0.4, 0.5) is 5.13 Å². The second kappa shape index (κ2) is 8.08. The summed E-state index contributed by atoms with van der Waals surface area (Å²) >= 11 is 4.79. The van der Waals surface area contributed by atoms with E-state index in [0.717, 1.165) is 44.3 Å². The van der Waals surface area contributed by atoms with Gasteiger partial charge < -0.3 is 0 Å². The Morgan fingerprint density at radius 3 is 2.74 bits per heavy atom. The summed E-state index contributed by atoms with van der Waals surface area (Å²) in [6, 6.07) is 8.76. The zero-order valence-electron chi connectivity index (χ0n) is 15.2. The van der Waals surface area contributed by atoms with Gasteiger partial charge in [-0.1, -0.05) is 59.9 Å². The molecule has 1 aliphatic rings. The van der Waals surface area contributed by atoms with Gasteiger partial charge in [-0.2, -0.15) is 0 Å². The number of hydrogen-bond donors (Lipinski definition) is 0. The van der Waals surface area contributed by atoms with E-state index in [1.54, 1.807) is 23.1 Å². The van der Waals surface area contributed by atoms with Gasteiger partial charge >= 0.3 is 0 Å². The molecule has 0 atom stereocenters. The van der Waals surface area contributed by atoms with Crippen LogP contribution < -0.4 is 4.90 Å². The monoisotopic (exact) mass is 416 g/mol. The maximum absolute atomic E-state index is 12.2. The highest BCUT2D eigenvalue weighted by Gasteiger charge is 2.35. The Hall–Kier alpha value is -1.77. The van der Waals surface area contributed by atoms with Gasteiger partial charge in [0, 0.05) is 29.2 Å². The molecule has 1 fully saturated rings. The molecule has 4 rings (SSSR count). The molecule has 0 spiro atoms. The fraction of sp³-hybridized carbons (Fsp3) is 0.368. The van der Waals surface area contributed by atoms with Gasteiger partial charge in [0.25, 0.3) is 0 Å². The highest BCUT2D eigenvalue weighted by atomic mass is 32.2. The second-order valence-electron chi connectivity index (χ2n) is 6.50. The van der Waals surface area contributed by atoms with Gasteiger partial charge in [-0.25, -0.2) is 4.98 Å². The summed E-state index contributed by atoms with van der Waals surface area (Å²) in [6.45, 7) is 3.98. The van der Waals surface area contributed by atoms with Crippen molar-refractivity contribution in [2.45, 2.75) is 49.2 Å².